The minimum Gasteiger partial charge on any atom is -0.469 e. The number of hydrogen-bond acceptors (Lipinski definition) is 4. The molecule has 0 spiro atoms. The van der Waals surface area contributed by atoms with Crippen molar-refractivity contribution in [1.29, 1.82) is 0 Å². The quantitative estimate of drug-likeness (QED) is 0.841. The minimum atomic E-state index is 0.0578. The summed E-state index contributed by atoms with van der Waals surface area (Å²) in [6.45, 7) is 1.93. The maximum Gasteiger partial charge on any atom is 0.223 e. The Labute approximate surface area is 113 Å². The lowest BCUT2D eigenvalue weighted by Gasteiger charge is -2.31. The van der Waals surface area contributed by atoms with Gasteiger partial charge < -0.3 is 19.2 Å². The monoisotopic (exact) mass is 267 g/mol. The van der Waals surface area contributed by atoms with Crippen LogP contribution in [0.25, 0.3) is 0 Å². The molecule has 0 aromatic carbocycles. The van der Waals surface area contributed by atoms with Crippen molar-refractivity contribution in [2.75, 3.05) is 26.3 Å². The maximum absolute atomic E-state index is 12.0. The number of carbonyl (C=O) groups is 1. The van der Waals surface area contributed by atoms with E-state index in [4.69, 9.17) is 14.3 Å². The molecule has 1 fully saturated rings. The van der Waals surface area contributed by atoms with Crippen LogP contribution < -0.4 is 0 Å². The number of amides is 1. The molecule has 1 aromatic heterocycles. The van der Waals surface area contributed by atoms with Crippen LogP contribution in [0.1, 0.15) is 25.0 Å². The van der Waals surface area contributed by atoms with Crippen LogP contribution in [0.4, 0.5) is 0 Å². The number of piperidine rings is 1. The van der Waals surface area contributed by atoms with Crippen LogP contribution in [-0.4, -0.2) is 48.3 Å². The van der Waals surface area contributed by atoms with Crippen molar-refractivity contribution in [3.63, 3.8) is 0 Å². The van der Waals surface area contributed by atoms with Crippen LogP contribution in [0.15, 0.2) is 22.8 Å². The highest BCUT2D eigenvalue weighted by Gasteiger charge is 2.22. The molecule has 1 amide bonds. The number of nitrogens with zero attached hydrogens (tertiary/aromatic N) is 1. The summed E-state index contributed by atoms with van der Waals surface area (Å²) in [6, 6.07) is 3.73. The number of hydrogen-bond donors (Lipinski definition) is 1. The standard InChI is InChI=1S/C14H21NO4/c16-9-11-19-13-5-7-15(8-6-13)14(17)4-3-12-2-1-10-18-12/h1-2,10,13,16H,3-9,11H2. The second-order valence-corrected chi connectivity index (χ2v) is 4.75. The van der Waals surface area contributed by atoms with E-state index in [1.54, 1.807) is 6.26 Å². The fourth-order valence-corrected chi connectivity index (χ4v) is 2.33. The van der Waals surface area contributed by atoms with Crippen LogP contribution in [-0.2, 0) is 16.0 Å². The number of aryl methyl sites for hydroxylation is 1. The van der Waals surface area contributed by atoms with Gasteiger partial charge in [-0.3, -0.25) is 4.79 Å². The van der Waals surface area contributed by atoms with Gasteiger partial charge in [-0.25, -0.2) is 0 Å². The van der Waals surface area contributed by atoms with Crippen molar-refractivity contribution < 1.29 is 19.1 Å². The van der Waals surface area contributed by atoms with E-state index in [-0.39, 0.29) is 18.6 Å². The lowest BCUT2D eigenvalue weighted by molar-refractivity contribution is -0.134. The van der Waals surface area contributed by atoms with E-state index < -0.39 is 0 Å². The van der Waals surface area contributed by atoms with E-state index in [2.05, 4.69) is 0 Å². The first-order chi connectivity index (χ1) is 9.29. The lowest BCUT2D eigenvalue weighted by atomic mass is 10.1. The largest absolute Gasteiger partial charge is 0.469 e. The number of ether oxygens (including phenoxy) is 1. The molecule has 1 aliphatic heterocycles. The van der Waals surface area contributed by atoms with Gasteiger partial charge in [0, 0.05) is 25.9 Å². The summed E-state index contributed by atoms with van der Waals surface area (Å²) in [5, 5.41) is 8.70. The Morgan fingerprint density at radius 2 is 2.26 bits per heavy atom. The highest BCUT2D eigenvalue weighted by Crippen LogP contribution is 2.15. The Bertz CT molecular complexity index is 369. The minimum absolute atomic E-state index is 0.0578. The molecule has 2 rings (SSSR count). The van der Waals surface area contributed by atoms with E-state index in [0.29, 0.717) is 19.4 Å². The zero-order chi connectivity index (χ0) is 13.5. The van der Waals surface area contributed by atoms with Crippen molar-refractivity contribution >= 4 is 5.91 Å². The number of rotatable bonds is 6. The maximum atomic E-state index is 12.0. The van der Waals surface area contributed by atoms with Crippen LogP contribution in [0.3, 0.4) is 0 Å². The van der Waals surface area contributed by atoms with Crippen LogP contribution in [0, 0.1) is 0 Å². The average Bonchev–Trinajstić information content (AvgIpc) is 2.96. The summed E-state index contributed by atoms with van der Waals surface area (Å²) in [7, 11) is 0. The van der Waals surface area contributed by atoms with Crippen molar-refractivity contribution in [3.8, 4) is 0 Å². The van der Waals surface area contributed by atoms with Crippen molar-refractivity contribution in [1.82, 2.24) is 4.90 Å². The van der Waals surface area contributed by atoms with Gasteiger partial charge in [0.15, 0.2) is 0 Å². The molecule has 2 heterocycles. The van der Waals surface area contributed by atoms with E-state index in [0.717, 1.165) is 31.7 Å². The summed E-state index contributed by atoms with van der Waals surface area (Å²) in [6.07, 6.45) is 4.67. The fourth-order valence-electron chi connectivity index (χ4n) is 2.33. The molecular formula is C14H21NO4. The number of aliphatic hydroxyl groups is 1. The molecule has 106 valence electrons. The SMILES string of the molecule is O=C(CCc1ccco1)N1CCC(OCCO)CC1. The molecule has 1 saturated heterocycles. The molecular weight excluding hydrogens is 246 g/mol. The third-order valence-electron chi connectivity index (χ3n) is 3.40. The number of likely N-dealkylation sites (tertiary alicyclic amines) is 1. The Balaban J connectivity index is 1.67. The van der Waals surface area contributed by atoms with Crippen LogP contribution in [0.5, 0.6) is 0 Å². The predicted octanol–water partition coefficient (Wildman–Crippen LogP) is 1.21. The van der Waals surface area contributed by atoms with Gasteiger partial charge >= 0.3 is 0 Å². The number of carbonyl (C=O) groups excluding carboxylic acids is 1. The molecule has 0 unspecified atom stereocenters. The molecule has 1 aliphatic rings. The second kappa shape index (κ2) is 7.31. The first kappa shape index (κ1) is 14.1. The lowest BCUT2D eigenvalue weighted by Crippen LogP contribution is -2.41. The summed E-state index contributed by atoms with van der Waals surface area (Å²) in [4.78, 5) is 13.9. The molecule has 19 heavy (non-hydrogen) atoms. The van der Waals surface area contributed by atoms with Gasteiger partial charge in [0.25, 0.3) is 0 Å². The van der Waals surface area contributed by atoms with E-state index in [1.165, 1.54) is 0 Å². The zero-order valence-electron chi connectivity index (χ0n) is 11.1. The smallest absolute Gasteiger partial charge is 0.223 e. The molecule has 0 aliphatic carbocycles. The highest BCUT2D eigenvalue weighted by atomic mass is 16.5. The molecule has 1 N–H and O–H groups in total. The van der Waals surface area contributed by atoms with Gasteiger partial charge in [0.05, 0.1) is 25.6 Å². The van der Waals surface area contributed by atoms with E-state index >= 15 is 0 Å². The van der Waals surface area contributed by atoms with Gasteiger partial charge in [-0.1, -0.05) is 0 Å². The summed E-state index contributed by atoms with van der Waals surface area (Å²) in [5.74, 6) is 1.03. The highest BCUT2D eigenvalue weighted by molar-refractivity contribution is 5.76. The first-order valence-corrected chi connectivity index (χ1v) is 6.82. The van der Waals surface area contributed by atoms with Crippen molar-refractivity contribution in [2.45, 2.75) is 31.8 Å². The van der Waals surface area contributed by atoms with Gasteiger partial charge in [-0.2, -0.15) is 0 Å². The molecule has 0 radical (unpaired) electrons. The fraction of sp³-hybridized carbons (Fsp3) is 0.643. The third-order valence-corrected chi connectivity index (χ3v) is 3.40. The Morgan fingerprint density at radius 1 is 1.47 bits per heavy atom. The molecule has 0 saturated carbocycles. The van der Waals surface area contributed by atoms with Gasteiger partial charge in [-0.15, -0.1) is 0 Å². The molecule has 5 nitrogen and oxygen atoms in total. The Morgan fingerprint density at radius 3 is 2.89 bits per heavy atom. The zero-order valence-corrected chi connectivity index (χ0v) is 11.1. The predicted molar refractivity (Wildman–Crippen MR) is 69.7 cm³/mol. The van der Waals surface area contributed by atoms with Crippen molar-refractivity contribution in [3.05, 3.63) is 24.2 Å². The van der Waals surface area contributed by atoms with E-state index in [9.17, 15) is 4.79 Å². The normalized spacial score (nSPS) is 16.8. The van der Waals surface area contributed by atoms with Gasteiger partial charge in [0.2, 0.25) is 5.91 Å². The Hall–Kier alpha value is -1.33. The first-order valence-electron chi connectivity index (χ1n) is 6.82. The summed E-state index contributed by atoms with van der Waals surface area (Å²) >= 11 is 0. The van der Waals surface area contributed by atoms with E-state index in [1.807, 2.05) is 17.0 Å². The van der Waals surface area contributed by atoms with Crippen molar-refractivity contribution in [2.24, 2.45) is 0 Å². The number of aliphatic hydroxyl groups excluding tert-OH is 1. The topological polar surface area (TPSA) is 62.9 Å². The molecule has 0 atom stereocenters. The molecule has 0 bridgehead atoms. The summed E-state index contributed by atoms with van der Waals surface area (Å²) < 4.78 is 10.7. The molecule has 1 aromatic rings. The third kappa shape index (κ3) is 4.36. The van der Waals surface area contributed by atoms with Gasteiger partial charge in [-0.05, 0) is 25.0 Å². The number of furan rings is 1. The Kier molecular flexibility index (Phi) is 5.42. The molecule has 5 heteroatoms. The van der Waals surface area contributed by atoms with Crippen LogP contribution in [0.2, 0.25) is 0 Å². The van der Waals surface area contributed by atoms with Gasteiger partial charge in [0.1, 0.15) is 5.76 Å². The van der Waals surface area contributed by atoms with Crippen LogP contribution >= 0.6 is 0 Å². The summed E-state index contributed by atoms with van der Waals surface area (Å²) in [5.41, 5.74) is 0. The average molecular weight is 267 g/mol. The second-order valence-electron chi connectivity index (χ2n) is 4.75.